The number of H-pyrrole nitrogens is 2. The van der Waals surface area contributed by atoms with Crippen LogP contribution in [-0.4, -0.2) is 60.7 Å². The summed E-state index contributed by atoms with van der Waals surface area (Å²) in [5.74, 6) is 0.200. The predicted octanol–water partition coefficient (Wildman–Crippen LogP) is 4.33. The zero-order valence-electron chi connectivity index (χ0n) is 20.3. The Kier molecular flexibility index (Phi) is 5.67. The van der Waals surface area contributed by atoms with Crippen LogP contribution in [0.2, 0.25) is 0 Å². The van der Waals surface area contributed by atoms with Crippen LogP contribution < -0.4 is 5.73 Å². The molecule has 1 unspecified atom stereocenters. The number of likely N-dealkylation sites (N-methyl/N-ethyl adjacent to an activating group) is 1. The second kappa shape index (κ2) is 9.16. The number of imidazole rings is 1. The van der Waals surface area contributed by atoms with E-state index in [2.05, 4.69) is 30.1 Å². The number of aromatic amines is 2. The van der Waals surface area contributed by atoms with Gasteiger partial charge in [0.15, 0.2) is 11.5 Å². The van der Waals surface area contributed by atoms with Gasteiger partial charge >= 0.3 is 0 Å². The van der Waals surface area contributed by atoms with E-state index in [-0.39, 0.29) is 11.9 Å². The molecule has 0 aliphatic carbocycles. The SMILES string of the molecule is CN(C)CC(N)c1cc(F)cc(-c2ccnc3nc(-c4n[nH]c5cnc(-c6cccnc6)cc45)[nH]c23)c1. The average molecular weight is 494 g/mol. The van der Waals surface area contributed by atoms with Crippen molar-refractivity contribution in [3.8, 4) is 33.9 Å². The van der Waals surface area contributed by atoms with Gasteiger partial charge in [0.1, 0.15) is 11.5 Å². The van der Waals surface area contributed by atoms with Crippen molar-refractivity contribution in [1.29, 1.82) is 0 Å². The number of nitrogens with zero attached hydrogens (tertiary/aromatic N) is 6. The van der Waals surface area contributed by atoms with Gasteiger partial charge < -0.3 is 15.6 Å². The second-order valence-electron chi connectivity index (χ2n) is 9.21. The summed E-state index contributed by atoms with van der Waals surface area (Å²) < 4.78 is 14.7. The monoisotopic (exact) mass is 493 g/mol. The molecule has 0 fully saturated rings. The van der Waals surface area contributed by atoms with E-state index in [9.17, 15) is 4.39 Å². The fraction of sp³-hybridized carbons (Fsp3) is 0.148. The molecule has 4 N–H and O–H groups in total. The van der Waals surface area contributed by atoms with Crippen LogP contribution in [0.4, 0.5) is 4.39 Å². The lowest BCUT2D eigenvalue weighted by molar-refractivity contribution is 0.376. The molecule has 1 aromatic carbocycles. The number of nitrogens with two attached hydrogens (primary N) is 1. The summed E-state index contributed by atoms with van der Waals surface area (Å²) in [6.45, 7) is 0.602. The Bertz CT molecular complexity index is 1720. The van der Waals surface area contributed by atoms with Gasteiger partial charge in [0.05, 0.1) is 22.9 Å². The van der Waals surface area contributed by atoms with Crippen molar-refractivity contribution >= 4 is 22.1 Å². The first-order valence-electron chi connectivity index (χ1n) is 11.8. The molecule has 0 saturated carbocycles. The van der Waals surface area contributed by atoms with E-state index in [1.54, 1.807) is 24.8 Å². The molecule has 6 aromatic rings. The number of halogens is 1. The highest BCUT2D eigenvalue weighted by molar-refractivity contribution is 5.96. The van der Waals surface area contributed by atoms with Crippen LogP contribution in [-0.2, 0) is 0 Å². The number of aromatic nitrogens is 7. The van der Waals surface area contributed by atoms with Gasteiger partial charge in [-0.1, -0.05) is 0 Å². The molecule has 184 valence electrons. The number of pyridine rings is 3. The molecule has 5 aromatic heterocycles. The molecule has 0 spiro atoms. The zero-order chi connectivity index (χ0) is 25.5. The molecule has 6 rings (SSSR count). The minimum Gasteiger partial charge on any atom is -0.335 e. The van der Waals surface area contributed by atoms with Crippen molar-refractivity contribution in [2.75, 3.05) is 20.6 Å². The van der Waals surface area contributed by atoms with E-state index in [0.29, 0.717) is 34.8 Å². The number of nitrogens with one attached hydrogen (secondary N) is 2. The van der Waals surface area contributed by atoms with Crippen molar-refractivity contribution in [2.24, 2.45) is 5.73 Å². The molecule has 0 bridgehead atoms. The van der Waals surface area contributed by atoms with Gasteiger partial charge in [-0.15, -0.1) is 0 Å². The summed E-state index contributed by atoms with van der Waals surface area (Å²) in [6, 6.07) is 12.2. The van der Waals surface area contributed by atoms with Gasteiger partial charge in [0, 0.05) is 47.7 Å². The number of rotatable bonds is 6. The molecule has 5 heterocycles. The predicted molar refractivity (Wildman–Crippen MR) is 141 cm³/mol. The van der Waals surface area contributed by atoms with Crippen LogP contribution >= 0.6 is 0 Å². The zero-order valence-corrected chi connectivity index (χ0v) is 20.3. The number of hydrogen-bond donors (Lipinski definition) is 3. The van der Waals surface area contributed by atoms with E-state index in [1.807, 2.05) is 49.3 Å². The normalized spacial score (nSPS) is 12.6. The maximum absolute atomic E-state index is 14.7. The summed E-state index contributed by atoms with van der Waals surface area (Å²) in [6.07, 6.45) is 6.90. The van der Waals surface area contributed by atoms with Gasteiger partial charge in [-0.3, -0.25) is 15.1 Å². The number of hydrogen-bond acceptors (Lipinski definition) is 7. The minimum atomic E-state index is -0.347. The average Bonchev–Trinajstić information content (AvgIpc) is 3.52. The van der Waals surface area contributed by atoms with Gasteiger partial charge in [-0.05, 0) is 67.7 Å². The molecule has 0 aliphatic heterocycles. The Morgan fingerprint density at radius 2 is 1.92 bits per heavy atom. The Morgan fingerprint density at radius 3 is 2.73 bits per heavy atom. The largest absolute Gasteiger partial charge is 0.335 e. The van der Waals surface area contributed by atoms with E-state index >= 15 is 0 Å². The smallest absolute Gasteiger partial charge is 0.178 e. The molecule has 1 atom stereocenters. The van der Waals surface area contributed by atoms with Crippen molar-refractivity contribution in [2.45, 2.75) is 6.04 Å². The topological polar surface area (TPSA) is 125 Å². The lowest BCUT2D eigenvalue weighted by Gasteiger charge is -2.18. The fourth-order valence-corrected chi connectivity index (χ4v) is 4.51. The Labute approximate surface area is 211 Å². The lowest BCUT2D eigenvalue weighted by atomic mass is 9.99. The molecular weight excluding hydrogens is 469 g/mol. The van der Waals surface area contributed by atoms with Crippen LogP contribution in [0.1, 0.15) is 11.6 Å². The highest BCUT2D eigenvalue weighted by atomic mass is 19.1. The summed E-state index contributed by atoms with van der Waals surface area (Å²) >= 11 is 0. The Morgan fingerprint density at radius 1 is 1.03 bits per heavy atom. The Hall–Kier alpha value is -4.54. The van der Waals surface area contributed by atoms with Crippen LogP contribution in [0.25, 0.3) is 56.0 Å². The molecule has 0 aliphatic rings. The van der Waals surface area contributed by atoms with Gasteiger partial charge in [0.25, 0.3) is 0 Å². The van der Waals surface area contributed by atoms with Gasteiger partial charge in [-0.25, -0.2) is 14.4 Å². The number of benzene rings is 1. The molecular formula is C27H24FN9. The lowest BCUT2D eigenvalue weighted by Crippen LogP contribution is -2.26. The molecule has 37 heavy (non-hydrogen) atoms. The quantitative estimate of drug-likeness (QED) is 0.315. The third kappa shape index (κ3) is 4.32. The van der Waals surface area contributed by atoms with Crippen molar-refractivity contribution in [1.82, 2.24) is 40.0 Å². The molecule has 0 saturated heterocycles. The maximum atomic E-state index is 14.7. The van der Waals surface area contributed by atoms with Crippen molar-refractivity contribution in [3.05, 3.63) is 78.6 Å². The highest BCUT2D eigenvalue weighted by Gasteiger charge is 2.18. The maximum Gasteiger partial charge on any atom is 0.178 e. The summed E-state index contributed by atoms with van der Waals surface area (Å²) in [7, 11) is 3.88. The third-order valence-electron chi connectivity index (χ3n) is 6.24. The summed E-state index contributed by atoms with van der Waals surface area (Å²) in [5.41, 5.74) is 12.8. The first-order chi connectivity index (χ1) is 18.0. The standard InChI is InChI=1S/C27H24FN9/c1-37(2)14-21(29)17-8-16(9-18(28)10-17)19-5-7-31-26-24(19)33-27(34-26)25-20-11-22(15-4-3-6-30-12-15)32-13-23(20)35-36-25/h3-13,21H,14,29H2,1-2H3,(H,35,36)(H,31,33,34). The van der Waals surface area contributed by atoms with Crippen LogP contribution in [0.5, 0.6) is 0 Å². The van der Waals surface area contributed by atoms with Crippen molar-refractivity contribution < 1.29 is 4.39 Å². The van der Waals surface area contributed by atoms with Crippen LogP contribution in [0.15, 0.2) is 67.3 Å². The van der Waals surface area contributed by atoms with E-state index < -0.39 is 0 Å². The fourth-order valence-electron chi connectivity index (χ4n) is 4.51. The second-order valence-corrected chi connectivity index (χ2v) is 9.21. The third-order valence-corrected chi connectivity index (χ3v) is 6.24. The van der Waals surface area contributed by atoms with Crippen LogP contribution in [0.3, 0.4) is 0 Å². The van der Waals surface area contributed by atoms with E-state index in [1.165, 1.54) is 12.1 Å². The van der Waals surface area contributed by atoms with E-state index in [4.69, 9.17) is 10.7 Å². The van der Waals surface area contributed by atoms with Crippen molar-refractivity contribution in [3.63, 3.8) is 0 Å². The first kappa shape index (κ1) is 22.9. The Balaban J connectivity index is 1.45. The molecule has 10 heteroatoms. The van der Waals surface area contributed by atoms with Crippen LogP contribution in [0, 0.1) is 5.82 Å². The minimum absolute atomic E-state index is 0.322. The van der Waals surface area contributed by atoms with Gasteiger partial charge in [-0.2, -0.15) is 5.10 Å². The van der Waals surface area contributed by atoms with E-state index in [0.717, 1.165) is 33.3 Å². The molecule has 0 amide bonds. The summed E-state index contributed by atoms with van der Waals surface area (Å²) in [4.78, 5) is 23.2. The molecule has 9 nitrogen and oxygen atoms in total. The number of fused-ring (bicyclic) bond motifs is 2. The van der Waals surface area contributed by atoms with Gasteiger partial charge in [0.2, 0.25) is 0 Å². The first-order valence-corrected chi connectivity index (χ1v) is 11.8. The highest BCUT2D eigenvalue weighted by Crippen LogP contribution is 2.33. The summed E-state index contributed by atoms with van der Waals surface area (Å²) in [5, 5.41) is 8.38. The molecule has 0 radical (unpaired) electrons.